The van der Waals surface area contributed by atoms with Crippen LogP contribution in [-0.4, -0.2) is 9.97 Å². The Kier molecular flexibility index (Phi) is 3.81. The van der Waals surface area contributed by atoms with E-state index < -0.39 is 5.82 Å². The Balaban J connectivity index is 2.36. The summed E-state index contributed by atoms with van der Waals surface area (Å²) in [5.74, 6) is 0.923. The van der Waals surface area contributed by atoms with Crippen LogP contribution in [0.4, 0.5) is 21.7 Å². The lowest BCUT2D eigenvalue weighted by atomic mass is 9.96. The van der Waals surface area contributed by atoms with Gasteiger partial charge in [-0.2, -0.15) is 0 Å². The molecule has 1 aromatic carbocycles. The molecule has 106 valence electrons. The number of nitrogen functional groups attached to an aromatic ring is 1. The average molecular weight is 295 g/mol. The van der Waals surface area contributed by atoms with Crippen molar-refractivity contribution in [2.45, 2.75) is 26.2 Å². The van der Waals surface area contributed by atoms with Gasteiger partial charge in [-0.05, 0) is 18.2 Å². The number of hydrogen-bond acceptors (Lipinski definition) is 4. The second-order valence-corrected chi connectivity index (χ2v) is 5.94. The smallest absolute Gasteiger partial charge is 0.148 e. The van der Waals surface area contributed by atoms with Gasteiger partial charge in [0.05, 0.1) is 5.69 Å². The predicted molar refractivity (Wildman–Crippen MR) is 79.8 cm³/mol. The van der Waals surface area contributed by atoms with Crippen LogP contribution in [0.5, 0.6) is 0 Å². The summed E-state index contributed by atoms with van der Waals surface area (Å²) in [6, 6.07) is 5.94. The molecule has 0 aliphatic carbocycles. The van der Waals surface area contributed by atoms with Crippen molar-refractivity contribution in [3.63, 3.8) is 0 Å². The lowest BCUT2D eigenvalue weighted by molar-refractivity contribution is 0.547. The summed E-state index contributed by atoms with van der Waals surface area (Å²) >= 11 is 5.72. The number of rotatable bonds is 2. The summed E-state index contributed by atoms with van der Waals surface area (Å²) < 4.78 is 13.7. The molecule has 1 aromatic heterocycles. The third-order valence-electron chi connectivity index (χ3n) is 2.61. The summed E-state index contributed by atoms with van der Waals surface area (Å²) in [6.07, 6.45) is 0. The van der Waals surface area contributed by atoms with Gasteiger partial charge in [-0.3, -0.25) is 0 Å². The Morgan fingerprint density at radius 2 is 1.90 bits per heavy atom. The van der Waals surface area contributed by atoms with Crippen LogP contribution in [0.15, 0.2) is 24.3 Å². The summed E-state index contributed by atoms with van der Waals surface area (Å²) in [5.41, 5.74) is 5.80. The molecular formula is C14H16ClFN4. The van der Waals surface area contributed by atoms with Crippen molar-refractivity contribution >= 4 is 28.9 Å². The van der Waals surface area contributed by atoms with Gasteiger partial charge in [-0.25, -0.2) is 14.4 Å². The van der Waals surface area contributed by atoms with Crippen molar-refractivity contribution in [1.29, 1.82) is 0 Å². The van der Waals surface area contributed by atoms with E-state index in [1.165, 1.54) is 6.07 Å². The Morgan fingerprint density at radius 3 is 2.50 bits per heavy atom. The fourth-order valence-electron chi connectivity index (χ4n) is 1.59. The molecule has 0 radical (unpaired) electrons. The minimum absolute atomic E-state index is 0.246. The number of benzene rings is 1. The van der Waals surface area contributed by atoms with E-state index in [0.717, 1.165) is 0 Å². The molecule has 1 heterocycles. The van der Waals surface area contributed by atoms with E-state index in [0.29, 0.717) is 22.5 Å². The van der Waals surface area contributed by atoms with E-state index in [1.54, 1.807) is 18.2 Å². The molecule has 0 atom stereocenters. The molecule has 0 spiro atoms. The van der Waals surface area contributed by atoms with Crippen LogP contribution in [-0.2, 0) is 5.41 Å². The molecule has 2 aromatic rings. The lowest BCUT2D eigenvalue weighted by Crippen LogP contribution is -2.17. The van der Waals surface area contributed by atoms with Crippen molar-refractivity contribution in [3.8, 4) is 0 Å². The van der Waals surface area contributed by atoms with Gasteiger partial charge in [-0.1, -0.05) is 32.4 Å². The monoisotopic (exact) mass is 294 g/mol. The van der Waals surface area contributed by atoms with Gasteiger partial charge in [-0.15, -0.1) is 0 Å². The second kappa shape index (κ2) is 5.25. The third-order valence-corrected chi connectivity index (χ3v) is 2.85. The van der Waals surface area contributed by atoms with Crippen molar-refractivity contribution in [2.24, 2.45) is 0 Å². The van der Waals surface area contributed by atoms with Gasteiger partial charge in [0.2, 0.25) is 0 Å². The van der Waals surface area contributed by atoms with Gasteiger partial charge >= 0.3 is 0 Å². The van der Waals surface area contributed by atoms with Gasteiger partial charge in [0.15, 0.2) is 0 Å². The predicted octanol–water partition coefficient (Wildman–Crippen LogP) is 3.89. The van der Waals surface area contributed by atoms with E-state index in [9.17, 15) is 4.39 Å². The van der Waals surface area contributed by atoms with Crippen LogP contribution in [0.2, 0.25) is 5.02 Å². The third kappa shape index (κ3) is 3.36. The molecule has 0 aliphatic rings. The van der Waals surface area contributed by atoms with E-state index >= 15 is 0 Å². The summed E-state index contributed by atoms with van der Waals surface area (Å²) in [5, 5.41) is 3.23. The summed E-state index contributed by atoms with van der Waals surface area (Å²) in [7, 11) is 0. The van der Waals surface area contributed by atoms with Gasteiger partial charge in [0.25, 0.3) is 0 Å². The lowest BCUT2D eigenvalue weighted by Gasteiger charge is -2.18. The van der Waals surface area contributed by atoms with Crippen molar-refractivity contribution in [1.82, 2.24) is 9.97 Å². The first kappa shape index (κ1) is 14.5. The maximum Gasteiger partial charge on any atom is 0.148 e. The Morgan fingerprint density at radius 1 is 1.20 bits per heavy atom. The topological polar surface area (TPSA) is 63.8 Å². The quantitative estimate of drug-likeness (QED) is 0.882. The van der Waals surface area contributed by atoms with E-state index in [2.05, 4.69) is 15.3 Å². The molecule has 0 saturated heterocycles. The molecule has 0 bridgehead atoms. The maximum atomic E-state index is 13.7. The molecule has 0 saturated carbocycles. The highest BCUT2D eigenvalue weighted by Crippen LogP contribution is 2.25. The molecule has 0 aliphatic heterocycles. The Bertz CT molecular complexity index is 638. The number of halogens is 2. The highest BCUT2D eigenvalue weighted by Gasteiger charge is 2.19. The number of aromatic nitrogens is 2. The molecule has 0 fully saturated rings. The molecule has 0 unspecified atom stereocenters. The SMILES string of the molecule is CC(C)(C)c1nc(N)cc(Nc2ccc(Cl)cc2F)n1. The van der Waals surface area contributed by atoms with E-state index in [1.807, 2.05) is 20.8 Å². The van der Waals surface area contributed by atoms with Crippen molar-refractivity contribution < 1.29 is 4.39 Å². The van der Waals surface area contributed by atoms with Crippen LogP contribution in [0.25, 0.3) is 0 Å². The molecule has 4 nitrogen and oxygen atoms in total. The van der Waals surface area contributed by atoms with Crippen LogP contribution in [0.3, 0.4) is 0 Å². The molecular weight excluding hydrogens is 279 g/mol. The first-order chi connectivity index (χ1) is 9.25. The standard InChI is InChI=1S/C14H16ClFN4/c1-14(2,3)13-19-11(17)7-12(20-13)18-10-5-4-8(15)6-9(10)16/h4-7H,1-3H3,(H3,17,18,19,20). The summed E-state index contributed by atoms with van der Waals surface area (Å²) in [4.78, 5) is 8.56. The zero-order valence-electron chi connectivity index (χ0n) is 11.5. The fourth-order valence-corrected chi connectivity index (χ4v) is 1.75. The maximum absolute atomic E-state index is 13.7. The highest BCUT2D eigenvalue weighted by atomic mass is 35.5. The Labute approximate surface area is 122 Å². The zero-order valence-corrected chi connectivity index (χ0v) is 12.3. The number of hydrogen-bond donors (Lipinski definition) is 2. The fraction of sp³-hybridized carbons (Fsp3) is 0.286. The highest BCUT2D eigenvalue weighted by molar-refractivity contribution is 6.30. The molecule has 2 rings (SSSR count). The number of nitrogens with zero attached hydrogens (tertiary/aromatic N) is 2. The zero-order chi connectivity index (χ0) is 14.9. The largest absolute Gasteiger partial charge is 0.384 e. The van der Waals surface area contributed by atoms with Crippen molar-refractivity contribution in [2.75, 3.05) is 11.1 Å². The van der Waals surface area contributed by atoms with Gasteiger partial charge in [0, 0.05) is 16.5 Å². The molecule has 0 amide bonds. The number of nitrogens with two attached hydrogens (primary N) is 1. The average Bonchev–Trinajstić information content (AvgIpc) is 2.31. The van der Waals surface area contributed by atoms with Crippen molar-refractivity contribution in [3.05, 3.63) is 40.9 Å². The van der Waals surface area contributed by atoms with Gasteiger partial charge < -0.3 is 11.1 Å². The van der Waals surface area contributed by atoms with E-state index in [4.69, 9.17) is 17.3 Å². The minimum Gasteiger partial charge on any atom is -0.384 e. The normalized spacial score (nSPS) is 11.4. The second-order valence-electron chi connectivity index (χ2n) is 5.50. The minimum atomic E-state index is -0.452. The molecule has 3 N–H and O–H groups in total. The van der Waals surface area contributed by atoms with Crippen LogP contribution in [0, 0.1) is 5.82 Å². The molecule has 20 heavy (non-hydrogen) atoms. The first-order valence-electron chi connectivity index (χ1n) is 6.13. The number of anilines is 3. The number of nitrogens with one attached hydrogen (secondary N) is 1. The van der Waals surface area contributed by atoms with Gasteiger partial charge in [0.1, 0.15) is 23.3 Å². The van der Waals surface area contributed by atoms with Crippen LogP contribution >= 0.6 is 11.6 Å². The van der Waals surface area contributed by atoms with Crippen LogP contribution in [0.1, 0.15) is 26.6 Å². The Hall–Kier alpha value is -1.88. The first-order valence-corrected chi connectivity index (χ1v) is 6.50. The van der Waals surface area contributed by atoms with E-state index in [-0.39, 0.29) is 11.1 Å². The summed E-state index contributed by atoms with van der Waals surface area (Å²) in [6.45, 7) is 5.94. The molecule has 6 heteroatoms. The van der Waals surface area contributed by atoms with Crippen LogP contribution < -0.4 is 11.1 Å².